The van der Waals surface area contributed by atoms with Crippen LogP contribution in [0.2, 0.25) is 5.02 Å². The maximum Gasteiger partial charge on any atom is 0.326 e. The number of carbonyl (C=O) groups is 2. The summed E-state index contributed by atoms with van der Waals surface area (Å²) in [7, 11) is 0. The number of pyridine rings is 1. The second kappa shape index (κ2) is 7.32. The van der Waals surface area contributed by atoms with Crippen molar-refractivity contribution in [1.82, 2.24) is 10.3 Å². The van der Waals surface area contributed by atoms with Crippen LogP contribution in [0.4, 0.5) is 0 Å². The first-order chi connectivity index (χ1) is 12.0. The third-order valence-corrected chi connectivity index (χ3v) is 4.09. The third kappa shape index (κ3) is 3.95. The highest BCUT2D eigenvalue weighted by atomic mass is 35.5. The van der Waals surface area contributed by atoms with Crippen LogP contribution in [-0.4, -0.2) is 28.0 Å². The third-order valence-electron chi connectivity index (χ3n) is 3.83. The van der Waals surface area contributed by atoms with E-state index in [1.165, 1.54) is 0 Å². The average Bonchev–Trinajstić information content (AvgIpc) is 2.62. The predicted octanol–water partition coefficient (Wildman–Crippen LogP) is 3.31. The lowest BCUT2D eigenvalue weighted by Gasteiger charge is -2.15. The fraction of sp³-hybridized carbons (Fsp3) is 0.105. The molecule has 0 aliphatic carbocycles. The summed E-state index contributed by atoms with van der Waals surface area (Å²) in [5.41, 5.74) is 1.66. The van der Waals surface area contributed by atoms with Crippen LogP contribution in [-0.2, 0) is 11.2 Å². The van der Waals surface area contributed by atoms with E-state index in [9.17, 15) is 14.7 Å². The number of carboxylic acids is 1. The molecule has 126 valence electrons. The van der Waals surface area contributed by atoms with Gasteiger partial charge in [-0.05, 0) is 29.8 Å². The Balaban J connectivity index is 1.83. The molecule has 1 heterocycles. The molecule has 1 amide bonds. The Morgan fingerprint density at radius 3 is 2.52 bits per heavy atom. The molecular formula is C19H15ClN2O3. The van der Waals surface area contributed by atoms with Gasteiger partial charge in [-0.2, -0.15) is 0 Å². The van der Waals surface area contributed by atoms with Gasteiger partial charge in [-0.25, -0.2) is 4.79 Å². The normalized spacial score (nSPS) is 11.9. The summed E-state index contributed by atoms with van der Waals surface area (Å²) < 4.78 is 0. The standard InChI is InChI=1S/C19H15ClN2O3/c20-14-8-6-12(7-9-14)11-16(19(24)25)22-18(23)15-5-1-3-13-4-2-10-21-17(13)15/h1-10,16H,11H2,(H,22,23)(H,24,25)/t16-/m0/s1. The molecule has 3 rings (SSSR count). The Morgan fingerprint density at radius 1 is 1.08 bits per heavy atom. The first-order valence-electron chi connectivity index (χ1n) is 7.66. The van der Waals surface area contributed by atoms with Crippen molar-refractivity contribution < 1.29 is 14.7 Å². The van der Waals surface area contributed by atoms with Gasteiger partial charge in [0.05, 0.1) is 11.1 Å². The Bertz CT molecular complexity index is 920. The summed E-state index contributed by atoms with van der Waals surface area (Å²) in [6.45, 7) is 0. The molecule has 0 saturated carbocycles. The van der Waals surface area contributed by atoms with Gasteiger partial charge in [-0.15, -0.1) is 0 Å². The van der Waals surface area contributed by atoms with Crippen LogP contribution < -0.4 is 5.32 Å². The number of benzene rings is 2. The van der Waals surface area contributed by atoms with Gasteiger partial charge in [0.1, 0.15) is 6.04 Å². The lowest BCUT2D eigenvalue weighted by atomic mass is 10.0. The number of halogens is 1. The van der Waals surface area contributed by atoms with Gasteiger partial charge in [-0.1, -0.05) is 41.9 Å². The number of amides is 1. The van der Waals surface area contributed by atoms with Crippen molar-refractivity contribution >= 4 is 34.4 Å². The summed E-state index contributed by atoms with van der Waals surface area (Å²) in [4.78, 5) is 28.4. The number of nitrogens with one attached hydrogen (secondary N) is 1. The Hall–Kier alpha value is -2.92. The lowest BCUT2D eigenvalue weighted by Crippen LogP contribution is -2.42. The van der Waals surface area contributed by atoms with Crippen molar-refractivity contribution in [1.29, 1.82) is 0 Å². The van der Waals surface area contributed by atoms with Crippen molar-refractivity contribution in [3.8, 4) is 0 Å². The minimum Gasteiger partial charge on any atom is -0.480 e. The molecular weight excluding hydrogens is 340 g/mol. The molecule has 3 aromatic rings. The number of nitrogens with zero attached hydrogens (tertiary/aromatic N) is 1. The van der Waals surface area contributed by atoms with Crippen LogP contribution in [0.1, 0.15) is 15.9 Å². The van der Waals surface area contributed by atoms with Crippen LogP contribution in [0.3, 0.4) is 0 Å². The zero-order valence-electron chi connectivity index (χ0n) is 13.1. The van der Waals surface area contributed by atoms with Crippen molar-refractivity contribution in [3.05, 3.63) is 76.9 Å². The smallest absolute Gasteiger partial charge is 0.326 e. The second-order valence-electron chi connectivity index (χ2n) is 5.58. The van der Waals surface area contributed by atoms with Crippen molar-refractivity contribution in [2.45, 2.75) is 12.5 Å². The van der Waals surface area contributed by atoms with Gasteiger partial charge in [0, 0.05) is 23.0 Å². The minimum atomic E-state index is -1.10. The summed E-state index contributed by atoms with van der Waals surface area (Å²) in [6.07, 6.45) is 1.76. The zero-order valence-corrected chi connectivity index (χ0v) is 13.9. The number of fused-ring (bicyclic) bond motifs is 1. The first kappa shape index (κ1) is 16.9. The van der Waals surface area contributed by atoms with Gasteiger partial charge >= 0.3 is 5.97 Å². The minimum absolute atomic E-state index is 0.163. The Labute approximate surface area is 149 Å². The quantitative estimate of drug-likeness (QED) is 0.736. The van der Waals surface area contributed by atoms with Gasteiger partial charge in [0.2, 0.25) is 0 Å². The number of hydrogen-bond donors (Lipinski definition) is 2. The largest absolute Gasteiger partial charge is 0.480 e. The molecule has 0 radical (unpaired) electrons. The molecule has 1 aromatic heterocycles. The summed E-state index contributed by atoms with van der Waals surface area (Å²) in [6, 6.07) is 14.7. The number of hydrogen-bond acceptors (Lipinski definition) is 3. The van der Waals surface area contributed by atoms with E-state index in [0.717, 1.165) is 10.9 Å². The van der Waals surface area contributed by atoms with Gasteiger partial charge in [-0.3, -0.25) is 9.78 Å². The zero-order chi connectivity index (χ0) is 17.8. The lowest BCUT2D eigenvalue weighted by molar-refractivity contribution is -0.139. The number of para-hydroxylation sites is 1. The molecule has 25 heavy (non-hydrogen) atoms. The first-order valence-corrected chi connectivity index (χ1v) is 8.04. The molecule has 2 aromatic carbocycles. The Kier molecular flexibility index (Phi) is 4.95. The molecule has 0 aliphatic rings. The molecule has 0 aliphatic heterocycles. The van der Waals surface area contributed by atoms with E-state index in [4.69, 9.17) is 11.6 Å². The molecule has 0 fully saturated rings. The summed E-state index contributed by atoms with van der Waals surface area (Å²) >= 11 is 5.84. The second-order valence-corrected chi connectivity index (χ2v) is 6.01. The van der Waals surface area contributed by atoms with E-state index in [1.807, 2.05) is 12.1 Å². The SMILES string of the molecule is O=C(N[C@@H](Cc1ccc(Cl)cc1)C(=O)O)c1cccc2cccnc12. The van der Waals surface area contributed by atoms with Crippen molar-refractivity contribution in [3.63, 3.8) is 0 Å². The van der Waals surface area contributed by atoms with Crippen LogP contribution in [0.5, 0.6) is 0 Å². The molecule has 1 atom stereocenters. The average molecular weight is 355 g/mol. The van der Waals surface area contributed by atoms with E-state index in [1.54, 1.807) is 48.7 Å². The van der Waals surface area contributed by atoms with Crippen molar-refractivity contribution in [2.75, 3.05) is 0 Å². The maximum absolute atomic E-state index is 12.6. The van der Waals surface area contributed by atoms with Crippen LogP contribution >= 0.6 is 11.6 Å². The van der Waals surface area contributed by atoms with E-state index in [0.29, 0.717) is 16.1 Å². The predicted molar refractivity (Wildman–Crippen MR) is 95.8 cm³/mol. The number of rotatable bonds is 5. The van der Waals surface area contributed by atoms with Gasteiger partial charge in [0.15, 0.2) is 0 Å². The van der Waals surface area contributed by atoms with E-state index >= 15 is 0 Å². The van der Waals surface area contributed by atoms with Crippen LogP contribution in [0.15, 0.2) is 60.8 Å². The monoisotopic (exact) mass is 354 g/mol. The fourth-order valence-electron chi connectivity index (χ4n) is 2.58. The number of aliphatic carboxylic acids is 1. The summed E-state index contributed by atoms with van der Waals surface area (Å²) in [5.74, 6) is -1.57. The van der Waals surface area contributed by atoms with Gasteiger partial charge in [0.25, 0.3) is 5.91 Å². The Morgan fingerprint density at radius 2 is 1.80 bits per heavy atom. The molecule has 0 bridgehead atoms. The molecule has 0 saturated heterocycles. The highest BCUT2D eigenvalue weighted by Crippen LogP contribution is 2.16. The van der Waals surface area contributed by atoms with Crippen LogP contribution in [0, 0.1) is 0 Å². The van der Waals surface area contributed by atoms with Gasteiger partial charge < -0.3 is 10.4 Å². The highest BCUT2D eigenvalue weighted by molar-refractivity contribution is 6.30. The van der Waals surface area contributed by atoms with E-state index in [-0.39, 0.29) is 6.42 Å². The maximum atomic E-state index is 12.6. The van der Waals surface area contributed by atoms with Crippen molar-refractivity contribution in [2.24, 2.45) is 0 Å². The van der Waals surface area contributed by atoms with E-state index < -0.39 is 17.9 Å². The molecule has 2 N–H and O–H groups in total. The molecule has 6 heteroatoms. The fourth-order valence-corrected chi connectivity index (χ4v) is 2.71. The number of carbonyl (C=O) groups excluding carboxylic acids is 1. The number of carboxylic acid groups (broad SMARTS) is 1. The molecule has 5 nitrogen and oxygen atoms in total. The van der Waals surface area contributed by atoms with Crippen LogP contribution in [0.25, 0.3) is 10.9 Å². The molecule has 0 spiro atoms. The number of aromatic nitrogens is 1. The summed E-state index contributed by atoms with van der Waals surface area (Å²) in [5, 5.41) is 13.4. The topological polar surface area (TPSA) is 79.3 Å². The van der Waals surface area contributed by atoms with E-state index in [2.05, 4.69) is 10.3 Å². The highest BCUT2D eigenvalue weighted by Gasteiger charge is 2.22. The molecule has 0 unspecified atom stereocenters.